The van der Waals surface area contributed by atoms with Crippen molar-refractivity contribution in [3.63, 3.8) is 0 Å². The lowest BCUT2D eigenvalue weighted by Gasteiger charge is -2.11. The molecule has 1 fully saturated rings. The Labute approximate surface area is 142 Å². The summed E-state index contributed by atoms with van der Waals surface area (Å²) in [6.45, 7) is 1.61. The summed E-state index contributed by atoms with van der Waals surface area (Å²) in [4.78, 5) is 16.3. The first kappa shape index (κ1) is 18.7. The van der Waals surface area contributed by atoms with E-state index in [0.29, 0.717) is 6.54 Å². The number of carbonyl (C=O) groups is 1. The second-order valence-corrected chi connectivity index (χ2v) is 5.18. The number of carbonyl (C=O) groups excluding carboxylic acids is 1. The van der Waals surface area contributed by atoms with E-state index in [9.17, 15) is 4.79 Å². The molecule has 22 heavy (non-hydrogen) atoms. The third-order valence-electron chi connectivity index (χ3n) is 3.79. The van der Waals surface area contributed by atoms with Crippen molar-refractivity contribution in [2.75, 3.05) is 13.1 Å². The first-order chi connectivity index (χ1) is 9.84. The Morgan fingerprint density at radius 3 is 2.86 bits per heavy atom. The fourth-order valence-electron chi connectivity index (χ4n) is 2.72. The number of nitrogens with one attached hydrogen (secondary N) is 2. The van der Waals surface area contributed by atoms with Gasteiger partial charge in [0.2, 0.25) is 5.91 Å². The van der Waals surface area contributed by atoms with Gasteiger partial charge in [0.1, 0.15) is 0 Å². The third kappa shape index (κ3) is 4.32. The zero-order valence-electron chi connectivity index (χ0n) is 12.2. The van der Waals surface area contributed by atoms with Gasteiger partial charge in [-0.1, -0.05) is 24.3 Å². The topological polar surface area (TPSA) is 54.0 Å². The summed E-state index contributed by atoms with van der Waals surface area (Å²) >= 11 is 0. The van der Waals surface area contributed by atoms with Gasteiger partial charge in [0.15, 0.2) is 0 Å². The molecule has 1 amide bonds. The second kappa shape index (κ2) is 8.93. The highest BCUT2D eigenvalue weighted by molar-refractivity contribution is 5.85. The highest BCUT2D eigenvalue weighted by atomic mass is 35.5. The predicted molar refractivity (Wildman–Crippen MR) is 94.0 cm³/mol. The summed E-state index contributed by atoms with van der Waals surface area (Å²) in [7, 11) is 0. The lowest BCUT2D eigenvalue weighted by Crippen LogP contribution is -2.41. The number of para-hydroxylation sites is 1. The summed E-state index contributed by atoms with van der Waals surface area (Å²) in [6, 6.07) is 10.2. The van der Waals surface area contributed by atoms with Crippen LogP contribution in [0.1, 0.15) is 18.4 Å². The Morgan fingerprint density at radius 2 is 2.09 bits per heavy atom. The van der Waals surface area contributed by atoms with E-state index in [1.165, 1.54) is 5.56 Å². The maximum atomic E-state index is 11.9. The fourth-order valence-corrected chi connectivity index (χ4v) is 2.72. The maximum Gasteiger partial charge on any atom is 0.237 e. The Hall–Kier alpha value is -1.36. The van der Waals surface area contributed by atoms with Crippen molar-refractivity contribution in [2.45, 2.75) is 25.3 Å². The van der Waals surface area contributed by atoms with E-state index in [1.54, 1.807) is 0 Å². The SMILES string of the molecule is Cl.Cl.O=C(NCCc1cccc2cccnc12)C1CCCN1. The van der Waals surface area contributed by atoms with Crippen LogP contribution in [0.25, 0.3) is 10.9 Å². The highest BCUT2D eigenvalue weighted by Gasteiger charge is 2.21. The minimum absolute atomic E-state index is 0. The number of amides is 1. The first-order valence-electron chi connectivity index (χ1n) is 7.18. The number of fused-ring (bicyclic) bond motifs is 1. The van der Waals surface area contributed by atoms with Crippen molar-refractivity contribution in [3.05, 3.63) is 42.1 Å². The van der Waals surface area contributed by atoms with Gasteiger partial charge in [0, 0.05) is 18.1 Å². The molecule has 1 unspecified atom stereocenters. The average molecular weight is 342 g/mol. The molecule has 0 bridgehead atoms. The molecule has 4 nitrogen and oxygen atoms in total. The van der Waals surface area contributed by atoms with Gasteiger partial charge in [-0.25, -0.2) is 0 Å². The first-order valence-corrected chi connectivity index (χ1v) is 7.18. The van der Waals surface area contributed by atoms with Crippen molar-refractivity contribution in [2.24, 2.45) is 0 Å². The number of rotatable bonds is 4. The highest BCUT2D eigenvalue weighted by Crippen LogP contribution is 2.16. The number of hydrogen-bond acceptors (Lipinski definition) is 3. The Bertz CT molecular complexity index is 610. The molecule has 1 aromatic carbocycles. The summed E-state index contributed by atoms with van der Waals surface area (Å²) in [6.07, 6.45) is 4.66. The van der Waals surface area contributed by atoms with Gasteiger partial charge < -0.3 is 10.6 Å². The van der Waals surface area contributed by atoms with Crippen LogP contribution in [0.2, 0.25) is 0 Å². The Kier molecular flexibility index (Phi) is 7.59. The van der Waals surface area contributed by atoms with Gasteiger partial charge in [-0.05, 0) is 37.4 Å². The van der Waals surface area contributed by atoms with Crippen molar-refractivity contribution >= 4 is 41.6 Å². The lowest BCUT2D eigenvalue weighted by molar-refractivity contribution is -0.122. The second-order valence-electron chi connectivity index (χ2n) is 5.18. The number of nitrogens with zero attached hydrogens (tertiary/aromatic N) is 1. The molecule has 2 N–H and O–H groups in total. The summed E-state index contributed by atoms with van der Waals surface area (Å²) in [5.74, 6) is 0.121. The van der Waals surface area contributed by atoms with Crippen LogP contribution >= 0.6 is 24.8 Å². The number of hydrogen-bond donors (Lipinski definition) is 2. The van der Waals surface area contributed by atoms with Crippen molar-refractivity contribution in [1.82, 2.24) is 15.6 Å². The Balaban J connectivity index is 0.00000121. The molecule has 6 heteroatoms. The molecule has 0 saturated carbocycles. The molecule has 1 aromatic heterocycles. The summed E-state index contributed by atoms with van der Waals surface area (Å²) < 4.78 is 0. The van der Waals surface area contributed by atoms with E-state index in [4.69, 9.17) is 0 Å². The van der Waals surface area contributed by atoms with Crippen LogP contribution in [-0.2, 0) is 11.2 Å². The number of pyridine rings is 1. The van der Waals surface area contributed by atoms with E-state index in [-0.39, 0.29) is 36.8 Å². The summed E-state index contributed by atoms with van der Waals surface area (Å²) in [5.41, 5.74) is 2.21. The number of aromatic nitrogens is 1. The maximum absolute atomic E-state index is 11.9. The minimum atomic E-state index is 0. The van der Waals surface area contributed by atoms with Crippen molar-refractivity contribution < 1.29 is 4.79 Å². The van der Waals surface area contributed by atoms with Gasteiger partial charge in [0.25, 0.3) is 0 Å². The van der Waals surface area contributed by atoms with Crippen LogP contribution in [-0.4, -0.2) is 30.0 Å². The number of halogens is 2. The standard InChI is InChI=1S/C16H19N3O.2ClH/c20-16(14-7-3-9-17-14)19-11-8-13-5-1-4-12-6-2-10-18-15(12)13;;/h1-2,4-6,10,14,17H,3,7-9,11H2,(H,19,20);2*1H. The van der Waals surface area contributed by atoms with Gasteiger partial charge >= 0.3 is 0 Å². The quantitative estimate of drug-likeness (QED) is 0.898. The van der Waals surface area contributed by atoms with E-state index < -0.39 is 0 Å². The summed E-state index contributed by atoms with van der Waals surface area (Å²) in [5, 5.41) is 7.37. The largest absolute Gasteiger partial charge is 0.354 e. The molecule has 1 atom stereocenters. The molecule has 0 radical (unpaired) electrons. The van der Waals surface area contributed by atoms with Crippen LogP contribution in [0, 0.1) is 0 Å². The van der Waals surface area contributed by atoms with Crippen LogP contribution in [0.4, 0.5) is 0 Å². The molecule has 2 aromatic rings. The molecular formula is C16H21Cl2N3O. The average Bonchev–Trinajstić information content (AvgIpc) is 3.02. The molecule has 1 saturated heterocycles. The molecular weight excluding hydrogens is 321 g/mol. The third-order valence-corrected chi connectivity index (χ3v) is 3.79. The number of benzene rings is 1. The van der Waals surface area contributed by atoms with Crippen molar-refractivity contribution in [1.29, 1.82) is 0 Å². The van der Waals surface area contributed by atoms with Gasteiger partial charge in [0.05, 0.1) is 11.6 Å². The van der Waals surface area contributed by atoms with Crippen LogP contribution in [0.15, 0.2) is 36.5 Å². The molecule has 1 aliphatic heterocycles. The van der Waals surface area contributed by atoms with Gasteiger partial charge in [-0.15, -0.1) is 24.8 Å². The van der Waals surface area contributed by atoms with Crippen LogP contribution in [0.3, 0.4) is 0 Å². The van der Waals surface area contributed by atoms with E-state index in [0.717, 1.165) is 36.7 Å². The zero-order valence-corrected chi connectivity index (χ0v) is 13.9. The normalized spacial score (nSPS) is 16.6. The van der Waals surface area contributed by atoms with Gasteiger partial charge in [-0.2, -0.15) is 0 Å². The molecule has 2 heterocycles. The molecule has 1 aliphatic rings. The van der Waals surface area contributed by atoms with Crippen molar-refractivity contribution in [3.8, 4) is 0 Å². The van der Waals surface area contributed by atoms with Crippen LogP contribution in [0.5, 0.6) is 0 Å². The molecule has 3 rings (SSSR count). The van der Waals surface area contributed by atoms with E-state index >= 15 is 0 Å². The molecule has 0 aliphatic carbocycles. The lowest BCUT2D eigenvalue weighted by atomic mass is 10.1. The van der Waals surface area contributed by atoms with E-state index in [2.05, 4.69) is 33.8 Å². The monoisotopic (exact) mass is 341 g/mol. The predicted octanol–water partition coefficient (Wildman–Crippen LogP) is 2.49. The molecule has 0 spiro atoms. The van der Waals surface area contributed by atoms with Gasteiger partial charge in [-0.3, -0.25) is 9.78 Å². The fraction of sp³-hybridized carbons (Fsp3) is 0.375. The molecule has 120 valence electrons. The zero-order chi connectivity index (χ0) is 13.8. The smallest absolute Gasteiger partial charge is 0.237 e. The minimum Gasteiger partial charge on any atom is -0.354 e. The Morgan fingerprint density at radius 1 is 1.27 bits per heavy atom. The van der Waals surface area contributed by atoms with Crippen LogP contribution < -0.4 is 10.6 Å². The van der Waals surface area contributed by atoms with E-state index in [1.807, 2.05) is 18.3 Å².